The van der Waals surface area contributed by atoms with Crippen molar-refractivity contribution in [1.82, 2.24) is 30.4 Å². The Bertz CT molecular complexity index is 781. The maximum absolute atomic E-state index is 12.6. The fourth-order valence-electron chi connectivity index (χ4n) is 2.75. The predicted octanol–water partition coefficient (Wildman–Crippen LogP) is 2.65. The van der Waals surface area contributed by atoms with E-state index in [-0.39, 0.29) is 12.6 Å². The Morgan fingerprint density at radius 2 is 2.23 bits per heavy atom. The summed E-state index contributed by atoms with van der Waals surface area (Å²) < 4.78 is 39.8. The van der Waals surface area contributed by atoms with Crippen molar-refractivity contribution in [3.8, 4) is 0 Å². The second kappa shape index (κ2) is 7.60. The first kappa shape index (κ1) is 18.6. The molecule has 0 amide bonds. The summed E-state index contributed by atoms with van der Waals surface area (Å²) in [5, 5.41) is 12.1. The average molecular weight is 387 g/mol. The molecule has 7 nitrogen and oxygen atoms in total. The third kappa shape index (κ3) is 4.32. The van der Waals surface area contributed by atoms with Gasteiger partial charge in [0.05, 0.1) is 12.6 Å². The number of aromatic nitrogens is 4. The van der Waals surface area contributed by atoms with Gasteiger partial charge in [-0.2, -0.15) is 18.3 Å². The number of nitrogens with zero attached hydrogens (tertiary/aromatic N) is 5. The predicted molar refractivity (Wildman–Crippen MR) is 91.8 cm³/mol. The molecule has 0 aliphatic carbocycles. The first-order valence-electron chi connectivity index (χ1n) is 8.34. The number of nitrogens with one attached hydrogen (secondary N) is 2. The molecule has 26 heavy (non-hydrogen) atoms. The number of rotatable bonds is 4. The largest absolute Gasteiger partial charge is 0.434 e. The third-order valence-corrected chi connectivity index (χ3v) is 4.68. The standard InChI is InChI=1S/C15H20F3N7S/c1-3-19-14(20-7-12-23-11(8-26-12)15(16,17)18)22-10-5-4-6-25-13(10)21-9(2)24-25/h8,10H,3-7H2,1-2H3,(H2,19,20,22). The number of guanidine groups is 1. The molecule has 0 saturated carbocycles. The molecule has 1 atom stereocenters. The molecule has 142 valence electrons. The maximum atomic E-state index is 12.6. The Morgan fingerprint density at radius 1 is 1.42 bits per heavy atom. The smallest absolute Gasteiger partial charge is 0.357 e. The highest BCUT2D eigenvalue weighted by atomic mass is 32.1. The lowest BCUT2D eigenvalue weighted by molar-refractivity contribution is -0.140. The van der Waals surface area contributed by atoms with Gasteiger partial charge in [0.1, 0.15) is 16.7 Å². The van der Waals surface area contributed by atoms with E-state index in [1.807, 2.05) is 18.5 Å². The van der Waals surface area contributed by atoms with E-state index in [4.69, 9.17) is 0 Å². The highest BCUT2D eigenvalue weighted by Gasteiger charge is 2.33. The van der Waals surface area contributed by atoms with Gasteiger partial charge >= 0.3 is 6.18 Å². The van der Waals surface area contributed by atoms with E-state index in [0.29, 0.717) is 17.5 Å². The minimum Gasteiger partial charge on any atom is -0.357 e. The Labute approximate surface area is 152 Å². The maximum Gasteiger partial charge on any atom is 0.434 e. The quantitative estimate of drug-likeness (QED) is 0.623. The van der Waals surface area contributed by atoms with E-state index >= 15 is 0 Å². The van der Waals surface area contributed by atoms with Crippen LogP contribution in [0.4, 0.5) is 13.2 Å². The monoisotopic (exact) mass is 387 g/mol. The molecule has 1 unspecified atom stereocenters. The topological polar surface area (TPSA) is 80.0 Å². The van der Waals surface area contributed by atoms with Crippen molar-refractivity contribution >= 4 is 17.3 Å². The second-order valence-corrected chi connectivity index (χ2v) is 6.84. The molecule has 2 aromatic heterocycles. The summed E-state index contributed by atoms with van der Waals surface area (Å²) in [5.41, 5.74) is -0.874. The normalized spacial score (nSPS) is 17.9. The summed E-state index contributed by atoms with van der Waals surface area (Å²) in [6.07, 6.45) is -2.57. The van der Waals surface area contributed by atoms with Crippen molar-refractivity contribution in [2.45, 2.75) is 52.0 Å². The lowest BCUT2D eigenvalue weighted by atomic mass is 10.1. The summed E-state index contributed by atoms with van der Waals surface area (Å²) in [4.78, 5) is 12.4. The number of aryl methyl sites for hydroxylation is 2. The van der Waals surface area contributed by atoms with Crippen molar-refractivity contribution in [3.05, 3.63) is 27.7 Å². The Kier molecular flexibility index (Phi) is 5.44. The van der Waals surface area contributed by atoms with Gasteiger partial charge in [0, 0.05) is 18.5 Å². The molecule has 2 N–H and O–H groups in total. The van der Waals surface area contributed by atoms with Crippen LogP contribution < -0.4 is 10.6 Å². The molecular formula is C15H20F3N7S. The van der Waals surface area contributed by atoms with Gasteiger partial charge in [0.2, 0.25) is 0 Å². The van der Waals surface area contributed by atoms with Crippen LogP contribution >= 0.6 is 11.3 Å². The molecule has 1 aliphatic rings. The molecule has 11 heteroatoms. The molecule has 0 fully saturated rings. The zero-order valence-corrected chi connectivity index (χ0v) is 15.3. The molecule has 0 spiro atoms. The fourth-order valence-corrected chi connectivity index (χ4v) is 3.47. The van der Waals surface area contributed by atoms with E-state index in [9.17, 15) is 13.2 Å². The van der Waals surface area contributed by atoms with E-state index in [1.54, 1.807) is 0 Å². The Balaban J connectivity index is 1.71. The first-order valence-corrected chi connectivity index (χ1v) is 9.22. The van der Waals surface area contributed by atoms with Gasteiger partial charge < -0.3 is 10.6 Å². The van der Waals surface area contributed by atoms with E-state index in [2.05, 4.69) is 30.7 Å². The molecule has 3 rings (SSSR count). The third-order valence-electron chi connectivity index (χ3n) is 3.85. The number of thiazole rings is 1. The molecule has 3 heterocycles. The fraction of sp³-hybridized carbons (Fsp3) is 0.600. The van der Waals surface area contributed by atoms with Gasteiger partial charge in [-0.25, -0.2) is 19.6 Å². The zero-order valence-electron chi connectivity index (χ0n) is 14.5. The summed E-state index contributed by atoms with van der Waals surface area (Å²) in [6, 6.07) is -0.0372. The number of hydrogen-bond acceptors (Lipinski definition) is 5. The molecule has 0 aromatic carbocycles. The van der Waals surface area contributed by atoms with Crippen LogP contribution in [-0.2, 0) is 19.3 Å². The molecular weight excluding hydrogens is 367 g/mol. The van der Waals surface area contributed by atoms with Crippen molar-refractivity contribution in [3.63, 3.8) is 0 Å². The van der Waals surface area contributed by atoms with E-state index in [1.165, 1.54) is 0 Å². The Hall–Kier alpha value is -2.17. The van der Waals surface area contributed by atoms with Gasteiger partial charge in [-0.1, -0.05) is 0 Å². The highest BCUT2D eigenvalue weighted by molar-refractivity contribution is 7.09. The number of fused-ring (bicyclic) bond motifs is 1. The summed E-state index contributed by atoms with van der Waals surface area (Å²) in [5.74, 6) is 2.10. The van der Waals surface area contributed by atoms with Crippen LogP contribution in [0.3, 0.4) is 0 Å². The van der Waals surface area contributed by atoms with Gasteiger partial charge in [-0.05, 0) is 26.7 Å². The SMILES string of the molecule is CCNC(=NCc1nc(C(F)(F)F)cs1)NC1CCCn2nc(C)nc21. The van der Waals surface area contributed by atoms with Gasteiger partial charge in [-0.3, -0.25) is 0 Å². The first-order chi connectivity index (χ1) is 12.4. The van der Waals surface area contributed by atoms with Crippen LogP contribution in [0.25, 0.3) is 0 Å². The van der Waals surface area contributed by atoms with Crippen LogP contribution in [-0.4, -0.2) is 32.3 Å². The lowest BCUT2D eigenvalue weighted by Gasteiger charge is -2.24. The Morgan fingerprint density at radius 3 is 2.92 bits per heavy atom. The summed E-state index contributed by atoms with van der Waals surface area (Å²) in [7, 11) is 0. The van der Waals surface area contributed by atoms with Gasteiger partial charge in [0.25, 0.3) is 0 Å². The molecule has 0 bridgehead atoms. The molecule has 0 radical (unpaired) electrons. The van der Waals surface area contributed by atoms with Crippen LogP contribution in [0.15, 0.2) is 10.4 Å². The van der Waals surface area contributed by atoms with E-state index in [0.717, 1.165) is 47.8 Å². The van der Waals surface area contributed by atoms with Crippen LogP contribution in [0.2, 0.25) is 0 Å². The van der Waals surface area contributed by atoms with Crippen LogP contribution in [0.5, 0.6) is 0 Å². The second-order valence-electron chi connectivity index (χ2n) is 5.90. The zero-order chi connectivity index (χ0) is 18.7. The summed E-state index contributed by atoms with van der Waals surface area (Å²) in [6.45, 7) is 5.32. The minimum atomic E-state index is -4.43. The van der Waals surface area contributed by atoms with Crippen molar-refractivity contribution < 1.29 is 13.2 Å². The van der Waals surface area contributed by atoms with Gasteiger partial charge in [-0.15, -0.1) is 11.3 Å². The number of halogens is 3. The highest BCUT2D eigenvalue weighted by Crippen LogP contribution is 2.30. The van der Waals surface area contributed by atoms with Crippen molar-refractivity contribution in [2.24, 2.45) is 4.99 Å². The molecule has 0 saturated heterocycles. The van der Waals surface area contributed by atoms with Crippen LogP contribution in [0, 0.1) is 6.92 Å². The number of hydrogen-bond donors (Lipinski definition) is 2. The summed E-state index contributed by atoms with van der Waals surface area (Å²) >= 11 is 0.954. The van der Waals surface area contributed by atoms with Crippen molar-refractivity contribution in [1.29, 1.82) is 0 Å². The van der Waals surface area contributed by atoms with E-state index < -0.39 is 11.9 Å². The average Bonchev–Trinajstić information content (AvgIpc) is 3.18. The minimum absolute atomic E-state index is 0.0372. The lowest BCUT2D eigenvalue weighted by Crippen LogP contribution is -2.41. The number of aliphatic imine (C=N–C) groups is 1. The molecule has 2 aromatic rings. The molecule has 1 aliphatic heterocycles. The van der Waals surface area contributed by atoms with Gasteiger partial charge in [0.15, 0.2) is 11.7 Å². The number of alkyl halides is 3. The van der Waals surface area contributed by atoms with Crippen LogP contribution in [0.1, 0.15) is 48.2 Å². The van der Waals surface area contributed by atoms with Crippen molar-refractivity contribution in [2.75, 3.05) is 6.54 Å².